The number of nitrogens with one attached hydrogen (secondary N) is 1. The van der Waals surface area contributed by atoms with E-state index in [1.807, 2.05) is 37.4 Å². The second-order valence-corrected chi connectivity index (χ2v) is 7.61. The highest BCUT2D eigenvalue weighted by atomic mass is 35.5. The van der Waals surface area contributed by atoms with Gasteiger partial charge < -0.3 is 14.8 Å². The molecule has 148 valence electrons. The molecule has 4 rings (SSSR count). The van der Waals surface area contributed by atoms with Crippen LogP contribution in [0.5, 0.6) is 0 Å². The Kier molecular flexibility index (Phi) is 5.36. The number of carbonyl (C=O) groups excluding carboxylic acids is 2. The van der Waals surface area contributed by atoms with Crippen LogP contribution in [0.2, 0.25) is 5.02 Å². The number of imidazole rings is 1. The Morgan fingerprint density at radius 3 is 2.55 bits per heavy atom. The van der Waals surface area contributed by atoms with Crippen LogP contribution in [0.15, 0.2) is 60.9 Å². The first-order valence-electron chi connectivity index (χ1n) is 9.43. The van der Waals surface area contributed by atoms with E-state index in [1.165, 1.54) is 0 Å². The number of halogens is 1. The molecule has 1 aromatic heterocycles. The fourth-order valence-corrected chi connectivity index (χ4v) is 3.59. The predicted octanol–water partition coefficient (Wildman–Crippen LogP) is 3.88. The molecular formula is C22H21ClN4O2. The maximum Gasteiger partial charge on any atom is 0.229 e. The zero-order chi connectivity index (χ0) is 20.4. The molecule has 6 nitrogen and oxygen atoms in total. The van der Waals surface area contributed by atoms with Gasteiger partial charge in [0, 0.05) is 48.3 Å². The summed E-state index contributed by atoms with van der Waals surface area (Å²) in [7, 11) is 0. The fraction of sp³-hybridized carbons (Fsp3) is 0.227. The van der Waals surface area contributed by atoms with E-state index in [1.54, 1.807) is 35.4 Å². The maximum atomic E-state index is 12.7. The third kappa shape index (κ3) is 4.32. The van der Waals surface area contributed by atoms with E-state index in [0.717, 1.165) is 29.3 Å². The second-order valence-electron chi connectivity index (χ2n) is 7.17. The van der Waals surface area contributed by atoms with Gasteiger partial charge in [-0.1, -0.05) is 23.7 Å². The summed E-state index contributed by atoms with van der Waals surface area (Å²) in [6.07, 6.45) is 3.92. The van der Waals surface area contributed by atoms with Crippen LogP contribution in [0, 0.1) is 12.8 Å². The number of rotatable bonds is 5. The lowest BCUT2D eigenvalue weighted by molar-refractivity contribution is -0.122. The van der Waals surface area contributed by atoms with Crippen LogP contribution in [-0.4, -0.2) is 27.9 Å². The topological polar surface area (TPSA) is 67.2 Å². The predicted molar refractivity (Wildman–Crippen MR) is 113 cm³/mol. The summed E-state index contributed by atoms with van der Waals surface area (Å²) in [6, 6.07) is 14.8. The molecule has 1 saturated heterocycles. The molecular weight excluding hydrogens is 388 g/mol. The number of benzene rings is 2. The summed E-state index contributed by atoms with van der Waals surface area (Å²) in [5, 5.41) is 3.54. The highest BCUT2D eigenvalue weighted by molar-refractivity contribution is 6.30. The lowest BCUT2D eigenvalue weighted by Gasteiger charge is -2.17. The van der Waals surface area contributed by atoms with Crippen LogP contribution >= 0.6 is 11.6 Å². The average Bonchev–Trinajstić information content (AvgIpc) is 3.30. The van der Waals surface area contributed by atoms with Gasteiger partial charge in [0.2, 0.25) is 11.8 Å². The van der Waals surface area contributed by atoms with Gasteiger partial charge in [0.05, 0.1) is 5.92 Å². The smallest absolute Gasteiger partial charge is 0.229 e. The van der Waals surface area contributed by atoms with Crippen LogP contribution < -0.4 is 10.2 Å². The van der Waals surface area contributed by atoms with Crippen molar-refractivity contribution in [1.29, 1.82) is 0 Å². The van der Waals surface area contributed by atoms with E-state index in [4.69, 9.17) is 11.6 Å². The van der Waals surface area contributed by atoms with E-state index in [2.05, 4.69) is 14.9 Å². The lowest BCUT2D eigenvalue weighted by atomic mass is 10.1. The summed E-state index contributed by atoms with van der Waals surface area (Å²) in [5.74, 6) is 0.372. The average molecular weight is 409 g/mol. The van der Waals surface area contributed by atoms with Gasteiger partial charge in [0.15, 0.2) is 0 Å². The standard InChI is InChI=1S/C22H21ClN4O2/c1-15-24-10-11-26(15)13-16-2-6-19(7-3-16)25-22(29)17-12-21(28)27(14-17)20-8-4-18(23)5-9-20/h2-11,17H,12-14H2,1H3,(H,25,29). The second kappa shape index (κ2) is 8.09. The molecule has 1 atom stereocenters. The van der Waals surface area contributed by atoms with E-state index < -0.39 is 0 Å². The monoisotopic (exact) mass is 408 g/mol. The highest BCUT2D eigenvalue weighted by Gasteiger charge is 2.35. The van der Waals surface area contributed by atoms with Crippen molar-refractivity contribution in [3.63, 3.8) is 0 Å². The third-order valence-corrected chi connectivity index (χ3v) is 5.38. The molecule has 0 saturated carbocycles. The van der Waals surface area contributed by atoms with Crippen molar-refractivity contribution in [2.75, 3.05) is 16.8 Å². The number of carbonyl (C=O) groups is 2. The molecule has 2 heterocycles. The molecule has 0 aliphatic carbocycles. The summed E-state index contributed by atoms with van der Waals surface area (Å²) in [4.78, 5) is 30.9. The first kappa shape index (κ1) is 19.2. The molecule has 2 amide bonds. The van der Waals surface area contributed by atoms with E-state index in [0.29, 0.717) is 11.6 Å². The molecule has 2 aromatic carbocycles. The minimum atomic E-state index is -0.383. The van der Waals surface area contributed by atoms with Crippen LogP contribution in [-0.2, 0) is 16.1 Å². The Balaban J connectivity index is 1.37. The fourth-order valence-electron chi connectivity index (χ4n) is 3.46. The number of amides is 2. The van der Waals surface area contributed by atoms with Crippen molar-refractivity contribution in [2.45, 2.75) is 19.9 Å². The quantitative estimate of drug-likeness (QED) is 0.696. The van der Waals surface area contributed by atoms with Crippen LogP contribution in [0.25, 0.3) is 0 Å². The SMILES string of the molecule is Cc1nccn1Cc1ccc(NC(=O)C2CC(=O)N(c3ccc(Cl)cc3)C2)cc1. The van der Waals surface area contributed by atoms with Gasteiger partial charge in [-0.25, -0.2) is 4.98 Å². The molecule has 0 radical (unpaired) electrons. The van der Waals surface area contributed by atoms with Crippen LogP contribution in [0.4, 0.5) is 11.4 Å². The first-order valence-corrected chi connectivity index (χ1v) is 9.81. The molecule has 1 N–H and O–H groups in total. The summed E-state index contributed by atoms with van der Waals surface area (Å²) in [5.41, 5.74) is 2.60. The van der Waals surface area contributed by atoms with Gasteiger partial charge >= 0.3 is 0 Å². The number of hydrogen-bond acceptors (Lipinski definition) is 3. The van der Waals surface area contributed by atoms with Gasteiger partial charge in [-0.3, -0.25) is 9.59 Å². The zero-order valence-corrected chi connectivity index (χ0v) is 16.8. The summed E-state index contributed by atoms with van der Waals surface area (Å²) < 4.78 is 2.06. The van der Waals surface area contributed by atoms with E-state index >= 15 is 0 Å². The molecule has 1 unspecified atom stereocenters. The van der Waals surface area contributed by atoms with Crippen molar-refractivity contribution in [2.24, 2.45) is 5.92 Å². The lowest BCUT2D eigenvalue weighted by Crippen LogP contribution is -2.28. The molecule has 1 aliphatic rings. The molecule has 29 heavy (non-hydrogen) atoms. The van der Waals surface area contributed by atoms with Gasteiger partial charge in [-0.15, -0.1) is 0 Å². The summed E-state index contributed by atoms with van der Waals surface area (Å²) in [6.45, 7) is 3.06. The minimum absolute atomic E-state index is 0.0569. The van der Waals surface area contributed by atoms with Gasteiger partial charge in [-0.05, 0) is 48.9 Å². The number of anilines is 2. The molecule has 3 aromatic rings. The Hall–Kier alpha value is -3.12. The van der Waals surface area contributed by atoms with Crippen molar-refractivity contribution < 1.29 is 9.59 Å². The van der Waals surface area contributed by atoms with Crippen molar-refractivity contribution >= 4 is 34.8 Å². The number of hydrogen-bond donors (Lipinski definition) is 1. The Bertz CT molecular complexity index is 1030. The van der Waals surface area contributed by atoms with E-state index in [9.17, 15) is 9.59 Å². The number of aromatic nitrogens is 2. The normalized spacial score (nSPS) is 16.3. The van der Waals surface area contributed by atoms with Gasteiger partial charge in [0.1, 0.15) is 5.82 Å². The van der Waals surface area contributed by atoms with E-state index in [-0.39, 0.29) is 24.2 Å². The largest absolute Gasteiger partial charge is 0.331 e. The molecule has 1 fully saturated rings. The first-order chi connectivity index (χ1) is 14.0. The van der Waals surface area contributed by atoms with Crippen LogP contribution in [0.3, 0.4) is 0 Å². The molecule has 0 spiro atoms. The van der Waals surface area contributed by atoms with Gasteiger partial charge in [0.25, 0.3) is 0 Å². The van der Waals surface area contributed by atoms with Crippen LogP contribution in [0.1, 0.15) is 17.8 Å². The minimum Gasteiger partial charge on any atom is -0.331 e. The molecule has 7 heteroatoms. The van der Waals surface area contributed by atoms with Crippen molar-refractivity contribution in [1.82, 2.24) is 9.55 Å². The highest BCUT2D eigenvalue weighted by Crippen LogP contribution is 2.27. The maximum absolute atomic E-state index is 12.7. The molecule has 0 bridgehead atoms. The number of aryl methyl sites for hydroxylation is 1. The molecule has 1 aliphatic heterocycles. The Morgan fingerprint density at radius 1 is 1.17 bits per heavy atom. The Morgan fingerprint density at radius 2 is 1.90 bits per heavy atom. The van der Waals surface area contributed by atoms with Crippen molar-refractivity contribution in [3.05, 3.63) is 77.3 Å². The third-order valence-electron chi connectivity index (χ3n) is 5.13. The zero-order valence-electron chi connectivity index (χ0n) is 16.0. The number of nitrogens with zero attached hydrogens (tertiary/aromatic N) is 3. The Labute approximate surface area is 174 Å². The van der Waals surface area contributed by atoms with Gasteiger partial charge in [-0.2, -0.15) is 0 Å². The summed E-state index contributed by atoms with van der Waals surface area (Å²) >= 11 is 5.91. The van der Waals surface area contributed by atoms with Crippen molar-refractivity contribution in [3.8, 4) is 0 Å².